The molecule has 0 N–H and O–H groups in total. The molecule has 116 valence electrons. The number of fused-ring (bicyclic) bond motifs is 2. The van der Waals surface area contributed by atoms with Gasteiger partial charge in [0.15, 0.2) is 0 Å². The molecule has 3 atom stereocenters. The predicted molar refractivity (Wildman–Crippen MR) is 87.4 cm³/mol. The Labute approximate surface area is 135 Å². The van der Waals surface area contributed by atoms with Crippen molar-refractivity contribution in [1.82, 2.24) is 0 Å². The maximum atomic E-state index is 12.3. The zero-order chi connectivity index (χ0) is 15.6. The van der Waals surface area contributed by atoms with Crippen LogP contribution in [0.5, 0.6) is 17.2 Å². The van der Waals surface area contributed by atoms with Crippen molar-refractivity contribution in [1.29, 1.82) is 0 Å². The summed E-state index contributed by atoms with van der Waals surface area (Å²) in [5.41, 5.74) is 0. The smallest absolute Gasteiger partial charge is 0.314 e. The summed E-state index contributed by atoms with van der Waals surface area (Å²) in [7, 11) is 0. The summed E-state index contributed by atoms with van der Waals surface area (Å²) in [4.78, 5) is 12.3. The van der Waals surface area contributed by atoms with Crippen LogP contribution in [0, 0.1) is 17.8 Å². The molecule has 1 fully saturated rings. The molecule has 2 aliphatic rings. The highest BCUT2D eigenvalue weighted by Crippen LogP contribution is 2.44. The van der Waals surface area contributed by atoms with E-state index >= 15 is 0 Å². The minimum absolute atomic E-state index is 0.0187. The van der Waals surface area contributed by atoms with Crippen molar-refractivity contribution in [3.63, 3.8) is 0 Å². The fraction of sp³-hybridized carbons (Fsp3) is 0.250. The molecule has 0 radical (unpaired) electrons. The third-order valence-corrected chi connectivity index (χ3v) is 4.60. The molecule has 0 heterocycles. The fourth-order valence-corrected chi connectivity index (χ4v) is 3.44. The van der Waals surface area contributed by atoms with Gasteiger partial charge in [-0.2, -0.15) is 0 Å². The van der Waals surface area contributed by atoms with Gasteiger partial charge in [-0.25, -0.2) is 0 Å². The molecule has 0 aliphatic heterocycles. The molecular weight excluding hydrogens is 288 g/mol. The molecule has 0 amide bonds. The van der Waals surface area contributed by atoms with E-state index in [4.69, 9.17) is 9.47 Å². The van der Waals surface area contributed by atoms with Crippen LogP contribution in [-0.4, -0.2) is 5.97 Å². The number of hydrogen-bond acceptors (Lipinski definition) is 3. The summed E-state index contributed by atoms with van der Waals surface area (Å²) in [6.07, 6.45) is 6.42. The molecule has 23 heavy (non-hydrogen) atoms. The van der Waals surface area contributed by atoms with E-state index in [0.29, 0.717) is 17.6 Å². The second kappa shape index (κ2) is 5.92. The lowest BCUT2D eigenvalue weighted by Crippen LogP contribution is -2.23. The van der Waals surface area contributed by atoms with E-state index < -0.39 is 0 Å². The van der Waals surface area contributed by atoms with Gasteiger partial charge in [0.2, 0.25) is 0 Å². The number of carbonyl (C=O) groups is 1. The summed E-state index contributed by atoms with van der Waals surface area (Å²) in [5.74, 6) is 2.92. The van der Waals surface area contributed by atoms with Crippen molar-refractivity contribution in [2.24, 2.45) is 17.8 Å². The average Bonchev–Trinajstić information content (AvgIpc) is 3.21. The van der Waals surface area contributed by atoms with Crippen LogP contribution in [0.3, 0.4) is 0 Å². The number of benzene rings is 2. The van der Waals surface area contributed by atoms with E-state index in [1.54, 1.807) is 12.1 Å². The van der Waals surface area contributed by atoms with Crippen LogP contribution >= 0.6 is 0 Å². The lowest BCUT2D eigenvalue weighted by molar-refractivity contribution is -0.139. The van der Waals surface area contributed by atoms with Gasteiger partial charge >= 0.3 is 5.97 Å². The normalized spacial score (nSPS) is 24.6. The van der Waals surface area contributed by atoms with Crippen LogP contribution in [0.25, 0.3) is 0 Å². The summed E-state index contributed by atoms with van der Waals surface area (Å²) < 4.78 is 11.3. The zero-order valence-electron chi connectivity index (χ0n) is 12.7. The topological polar surface area (TPSA) is 35.5 Å². The molecule has 3 unspecified atom stereocenters. The second-order valence-electron chi connectivity index (χ2n) is 6.19. The van der Waals surface area contributed by atoms with Crippen LogP contribution in [0.15, 0.2) is 66.7 Å². The standard InChI is InChI=1S/C20H18O3/c21-20(19-13-14-6-7-15(19)12-14)23-18-10-8-17(9-11-18)22-16-4-2-1-3-5-16/h1-11,14-15,19H,12-13H2. The third kappa shape index (κ3) is 3.00. The first kappa shape index (κ1) is 14.1. The van der Waals surface area contributed by atoms with Crippen LogP contribution in [0.4, 0.5) is 0 Å². The Morgan fingerprint density at radius 3 is 2.17 bits per heavy atom. The first-order chi connectivity index (χ1) is 11.3. The van der Waals surface area contributed by atoms with E-state index in [1.165, 1.54) is 0 Å². The Hall–Kier alpha value is -2.55. The van der Waals surface area contributed by atoms with Crippen molar-refractivity contribution in [2.45, 2.75) is 12.8 Å². The number of ether oxygens (including phenoxy) is 2. The summed E-state index contributed by atoms with van der Waals surface area (Å²) in [5, 5.41) is 0. The Morgan fingerprint density at radius 2 is 1.52 bits per heavy atom. The molecule has 2 aromatic rings. The highest BCUT2D eigenvalue weighted by Gasteiger charge is 2.40. The van der Waals surface area contributed by atoms with Gasteiger partial charge in [0.05, 0.1) is 5.92 Å². The number of rotatable bonds is 4. The number of allylic oxidation sites excluding steroid dienone is 2. The Kier molecular flexibility index (Phi) is 3.62. The average molecular weight is 306 g/mol. The summed E-state index contributed by atoms with van der Waals surface area (Å²) in [6, 6.07) is 16.8. The summed E-state index contributed by atoms with van der Waals surface area (Å²) >= 11 is 0. The van der Waals surface area contributed by atoms with E-state index in [2.05, 4.69) is 12.2 Å². The van der Waals surface area contributed by atoms with Crippen LogP contribution in [0.2, 0.25) is 0 Å². The Bertz CT molecular complexity index is 718. The summed E-state index contributed by atoms with van der Waals surface area (Å²) in [6.45, 7) is 0. The quantitative estimate of drug-likeness (QED) is 0.470. The molecule has 1 saturated carbocycles. The Balaban J connectivity index is 1.38. The molecule has 2 bridgehead atoms. The van der Waals surface area contributed by atoms with Crippen LogP contribution in [0.1, 0.15) is 12.8 Å². The molecule has 3 nitrogen and oxygen atoms in total. The van der Waals surface area contributed by atoms with E-state index in [-0.39, 0.29) is 11.9 Å². The molecule has 0 saturated heterocycles. The third-order valence-electron chi connectivity index (χ3n) is 4.60. The monoisotopic (exact) mass is 306 g/mol. The maximum Gasteiger partial charge on any atom is 0.314 e. The van der Waals surface area contributed by atoms with E-state index in [0.717, 1.165) is 24.3 Å². The molecule has 0 aromatic heterocycles. The van der Waals surface area contributed by atoms with Gasteiger partial charge in [-0.3, -0.25) is 4.79 Å². The first-order valence-electron chi connectivity index (χ1n) is 8.01. The number of esters is 1. The fourth-order valence-electron chi connectivity index (χ4n) is 3.44. The predicted octanol–water partition coefficient (Wildman–Crippen LogP) is 4.60. The molecule has 2 aliphatic carbocycles. The molecular formula is C20H18O3. The molecule has 4 rings (SSSR count). The highest BCUT2D eigenvalue weighted by molar-refractivity contribution is 5.76. The van der Waals surface area contributed by atoms with Gasteiger partial charge in [0.25, 0.3) is 0 Å². The number of carbonyl (C=O) groups excluding carboxylic acids is 1. The lowest BCUT2D eigenvalue weighted by Gasteiger charge is -2.16. The second-order valence-corrected chi connectivity index (χ2v) is 6.19. The van der Waals surface area contributed by atoms with E-state index in [9.17, 15) is 4.79 Å². The first-order valence-corrected chi connectivity index (χ1v) is 8.01. The lowest BCUT2D eigenvalue weighted by atomic mass is 9.94. The van der Waals surface area contributed by atoms with Crippen molar-refractivity contribution >= 4 is 5.97 Å². The van der Waals surface area contributed by atoms with Gasteiger partial charge in [-0.1, -0.05) is 30.4 Å². The van der Waals surface area contributed by atoms with Crippen molar-refractivity contribution in [3.8, 4) is 17.2 Å². The zero-order valence-corrected chi connectivity index (χ0v) is 12.7. The van der Waals surface area contributed by atoms with Crippen molar-refractivity contribution < 1.29 is 14.3 Å². The van der Waals surface area contributed by atoms with Gasteiger partial charge < -0.3 is 9.47 Å². The minimum Gasteiger partial charge on any atom is -0.457 e. The van der Waals surface area contributed by atoms with Gasteiger partial charge in [0, 0.05) is 0 Å². The van der Waals surface area contributed by atoms with E-state index in [1.807, 2.05) is 42.5 Å². The van der Waals surface area contributed by atoms with Crippen molar-refractivity contribution in [2.75, 3.05) is 0 Å². The molecule has 2 aromatic carbocycles. The molecule has 3 heteroatoms. The number of hydrogen-bond donors (Lipinski definition) is 0. The molecule has 0 spiro atoms. The van der Waals surface area contributed by atoms with Gasteiger partial charge in [-0.15, -0.1) is 0 Å². The minimum atomic E-state index is -0.112. The van der Waals surface area contributed by atoms with Gasteiger partial charge in [0.1, 0.15) is 17.2 Å². The number of para-hydroxylation sites is 1. The van der Waals surface area contributed by atoms with Crippen molar-refractivity contribution in [3.05, 3.63) is 66.7 Å². The SMILES string of the molecule is O=C(Oc1ccc(Oc2ccccc2)cc1)C1CC2C=CC1C2. The largest absolute Gasteiger partial charge is 0.457 e. The highest BCUT2D eigenvalue weighted by atomic mass is 16.5. The van der Waals surface area contributed by atoms with Crippen LogP contribution < -0.4 is 9.47 Å². The van der Waals surface area contributed by atoms with Gasteiger partial charge in [-0.05, 0) is 61.1 Å². The van der Waals surface area contributed by atoms with Crippen LogP contribution in [-0.2, 0) is 4.79 Å². The Morgan fingerprint density at radius 1 is 0.826 bits per heavy atom. The maximum absolute atomic E-state index is 12.3.